The van der Waals surface area contributed by atoms with Crippen molar-refractivity contribution < 1.29 is 28.6 Å². The third-order valence-electron chi connectivity index (χ3n) is 12.0. The predicted octanol–water partition coefficient (Wildman–Crippen LogP) is 17.1. The number of hydrogen-bond donors (Lipinski definition) is 0. The second-order valence-electron chi connectivity index (χ2n) is 18.6. The van der Waals surface area contributed by atoms with E-state index in [9.17, 15) is 14.4 Å². The molecule has 0 bridgehead atoms. The lowest BCUT2D eigenvalue weighted by molar-refractivity contribution is -0.167. The monoisotopic (exact) mass is 835 g/mol. The van der Waals surface area contributed by atoms with Crippen molar-refractivity contribution in [3.05, 3.63) is 0 Å². The summed E-state index contributed by atoms with van der Waals surface area (Å²) in [5.41, 5.74) is 0. The van der Waals surface area contributed by atoms with Gasteiger partial charge in [0.25, 0.3) is 0 Å². The maximum Gasteiger partial charge on any atom is 0.306 e. The van der Waals surface area contributed by atoms with Crippen LogP contribution in [0.1, 0.15) is 297 Å². The Balaban J connectivity index is 4.25. The predicted molar refractivity (Wildman–Crippen MR) is 252 cm³/mol. The van der Waals surface area contributed by atoms with E-state index in [4.69, 9.17) is 14.2 Å². The SMILES string of the molecule is CCCCCCCCCCCCCCCC(=O)O[C@@H](COC(=O)CCCCCCCCCCCC)COC(=O)CCCCCCCCCCCCCCCCCC(C)C. The highest BCUT2D eigenvalue weighted by Crippen LogP contribution is 2.17. The van der Waals surface area contributed by atoms with Gasteiger partial charge in [0, 0.05) is 19.3 Å². The third kappa shape index (κ3) is 47.3. The zero-order valence-electron chi connectivity index (χ0n) is 40.2. The molecule has 0 aliphatic heterocycles. The fourth-order valence-electron chi connectivity index (χ4n) is 8.04. The van der Waals surface area contributed by atoms with Gasteiger partial charge in [-0.3, -0.25) is 14.4 Å². The maximum absolute atomic E-state index is 12.8. The van der Waals surface area contributed by atoms with Gasteiger partial charge in [0.15, 0.2) is 6.10 Å². The molecule has 0 aromatic carbocycles. The van der Waals surface area contributed by atoms with Crippen LogP contribution in [0.4, 0.5) is 0 Å². The van der Waals surface area contributed by atoms with Crippen molar-refractivity contribution in [2.24, 2.45) is 5.92 Å². The minimum atomic E-state index is -0.760. The van der Waals surface area contributed by atoms with Gasteiger partial charge < -0.3 is 14.2 Å². The van der Waals surface area contributed by atoms with E-state index in [0.29, 0.717) is 19.3 Å². The molecule has 0 aliphatic rings. The molecule has 0 radical (unpaired) electrons. The van der Waals surface area contributed by atoms with Crippen LogP contribution in [-0.4, -0.2) is 37.2 Å². The lowest BCUT2D eigenvalue weighted by atomic mass is 10.0. The van der Waals surface area contributed by atoms with E-state index < -0.39 is 6.10 Å². The zero-order valence-corrected chi connectivity index (χ0v) is 40.2. The first-order valence-electron chi connectivity index (χ1n) is 26.4. The van der Waals surface area contributed by atoms with Crippen molar-refractivity contribution in [2.75, 3.05) is 13.2 Å². The van der Waals surface area contributed by atoms with Crippen LogP contribution in [0.5, 0.6) is 0 Å². The molecule has 0 heterocycles. The summed E-state index contributed by atoms with van der Waals surface area (Å²) in [4.78, 5) is 37.9. The molecule has 0 spiro atoms. The van der Waals surface area contributed by atoms with Crippen molar-refractivity contribution in [1.29, 1.82) is 0 Å². The molecule has 0 amide bonds. The molecule has 0 fully saturated rings. The van der Waals surface area contributed by atoms with Gasteiger partial charge in [-0.2, -0.15) is 0 Å². The van der Waals surface area contributed by atoms with Crippen LogP contribution in [0, 0.1) is 5.92 Å². The summed E-state index contributed by atoms with van der Waals surface area (Å²) in [5.74, 6) is 0.00524. The lowest BCUT2D eigenvalue weighted by Gasteiger charge is -2.18. The average molecular weight is 835 g/mol. The first-order valence-corrected chi connectivity index (χ1v) is 26.4. The van der Waals surface area contributed by atoms with E-state index in [1.165, 1.54) is 193 Å². The van der Waals surface area contributed by atoms with Crippen molar-refractivity contribution in [3.63, 3.8) is 0 Å². The molecule has 0 aromatic rings. The zero-order chi connectivity index (χ0) is 43.1. The summed E-state index contributed by atoms with van der Waals surface area (Å²) in [5, 5.41) is 0. The highest BCUT2D eigenvalue weighted by Gasteiger charge is 2.19. The van der Waals surface area contributed by atoms with E-state index in [0.717, 1.165) is 63.7 Å². The van der Waals surface area contributed by atoms with Gasteiger partial charge >= 0.3 is 17.9 Å². The van der Waals surface area contributed by atoms with E-state index in [2.05, 4.69) is 27.7 Å². The van der Waals surface area contributed by atoms with Gasteiger partial charge in [-0.05, 0) is 25.2 Å². The van der Waals surface area contributed by atoms with Crippen molar-refractivity contribution in [3.8, 4) is 0 Å². The van der Waals surface area contributed by atoms with Crippen LogP contribution in [0.3, 0.4) is 0 Å². The largest absolute Gasteiger partial charge is 0.462 e. The molecule has 0 unspecified atom stereocenters. The molecule has 0 saturated heterocycles. The number of carbonyl (C=O) groups is 3. The molecular weight excluding hydrogens is 733 g/mol. The summed E-state index contributed by atoms with van der Waals surface area (Å²) in [7, 11) is 0. The van der Waals surface area contributed by atoms with Gasteiger partial charge in [-0.1, -0.05) is 259 Å². The minimum absolute atomic E-state index is 0.0625. The number of ether oxygens (including phenoxy) is 3. The van der Waals surface area contributed by atoms with Crippen LogP contribution >= 0.6 is 0 Å². The smallest absolute Gasteiger partial charge is 0.306 e. The molecule has 0 rings (SSSR count). The molecule has 0 saturated carbocycles. The van der Waals surface area contributed by atoms with Gasteiger partial charge in [-0.25, -0.2) is 0 Å². The Bertz CT molecular complexity index is 887. The molecule has 0 N–H and O–H groups in total. The maximum atomic E-state index is 12.8. The summed E-state index contributed by atoms with van der Waals surface area (Å²) in [6.07, 6.45) is 49.4. The molecule has 6 heteroatoms. The standard InChI is InChI=1S/C53H102O6/c1-5-7-9-11-13-15-17-21-26-30-34-38-42-46-53(56)59-50(47-57-51(54)44-40-36-32-28-16-14-12-10-8-6-2)48-58-52(55)45-41-37-33-29-25-23-20-18-19-22-24-27-31-35-39-43-49(3)4/h49-50H,5-48H2,1-4H3/t50-/m0/s1. The quantitative estimate of drug-likeness (QED) is 0.0345. The van der Waals surface area contributed by atoms with Gasteiger partial charge in [0.2, 0.25) is 0 Å². The molecule has 0 aromatic heterocycles. The fraction of sp³-hybridized carbons (Fsp3) is 0.943. The molecule has 350 valence electrons. The lowest BCUT2D eigenvalue weighted by Crippen LogP contribution is -2.30. The van der Waals surface area contributed by atoms with Crippen LogP contribution in [0.2, 0.25) is 0 Å². The molecular formula is C53H102O6. The summed E-state index contributed by atoms with van der Waals surface area (Å²) in [6.45, 7) is 9.03. The highest BCUT2D eigenvalue weighted by molar-refractivity contribution is 5.71. The van der Waals surface area contributed by atoms with E-state index >= 15 is 0 Å². The Morgan fingerprint density at radius 1 is 0.322 bits per heavy atom. The molecule has 0 aliphatic carbocycles. The first kappa shape index (κ1) is 57.4. The second kappa shape index (κ2) is 47.5. The minimum Gasteiger partial charge on any atom is -0.462 e. The summed E-state index contributed by atoms with van der Waals surface area (Å²) >= 11 is 0. The van der Waals surface area contributed by atoms with Crippen molar-refractivity contribution >= 4 is 17.9 Å². The van der Waals surface area contributed by atoms with E-state index in [1.807, 2.05) is 0 Å². The van der Waals surface area contributed by atoms with Crippen molar-refractivity contribution in [1.82, 2.24) is 0 Å². The van der Waals surface area contributed by atoms with Crippen LogP contribution in [-0.2, 0) is 28.6 Å². The Morgan fingerprint density at radius 3 is 0.831 bits per heavy atom. The fourth-order valence-corrected chi connectivity index (χ4v) is 8.04. The number of unbranched alkanes of at least 4 members (excludes halogenated alkanes) is 35. The van der Waals surface area contributed by atoms with Crippen LogP contribution in [0.25, 0.3) is 0 Å². The Kier molecular flexibility index (Phi) is 46.2. The van der Waals surface area contributed by atoms with E-state index in [1.54, 1.807) is 0 Å². The van der Waals surface area contributed by atoms with Crippen LogP contribution < -0.4 is 0 Å². The normalized spacial score (nSPS) is 11.9. The van der Waals surface area contributed by atoms with Gasteiger partial charge in [0.05, 0.1) is 0 Å². The highest BCUT2D eigenvalue weighted by atomic mass is 16.6. The van der Waals surface area contributed by atoms with Crippen LogP contribution in [0.15, 0.2) is 0 Å². The number of esters is 3. The molecule has 6 nitrogen and oxygen atoms in total. The van der Waals surface area contributed by atoms with Crippen molar-refractivity contribution in [2.45, 2.75) is 303 Å². The Morgan fingerprint density at radius 2 is 0.559 bits per heavy atom. The Hall–Kier alpha value is -1.59. The summed E-state index contributed by atoms with van der Waals surface area (Å²) in [6, 6.07) is 0. The first-order chi connectivity index (χ1) is 28.9. The average Bonchev–Trinajstić information content (AvgIpc) is 3.22. The van der Waals surface area contributed by atoms with E-state index in [-0.39, 0.29) is 31.1 Å². The third-order valence-corrected chi connectivity index (χ3v) is 12.0. The molecule has 59 heavy (non-hydrogen) atoms. The van der Waals surface area contributed by atoms with Gasteiger partial charge in [0.1, 0.15) is 13.2 Å². The number of carbonyl (C=O) groups excluding carboxylic acids is 3. The second-order valence-corrected chi connectivity index (χ2v) is 18.6. The number of hydrogen-bond acceptors (Lipinski definition) is 6. The van der Waals surface area contributed by atoms with Gasteiger partial charge in [-0.15, -0.1) is 0 Å². The Labute approximate surface area is 368 Å². The topological polar surface area (TPSA) is 78.9 Å². The number of rotatable bonds is 48. The molecule has 1 atom stereocenters. The summed E-state index contributed by atoms with van der Waals surface area (Å²) < 4.78 is 16.8.